The Kier molecular flexibility index (Phi) is 7.02. The molecule has 2 amide bonds. The first-order valence-corrected chi connectivity index (χ1v) is 7.55. The molecule has 0 bridgehead atoms. The zero-order valence-corrected chi connectivity index (χ0v) is 14.3. The third-order valence-corrected chi connectivity index (χ3v) is 3.17. The Hall–Kier alpha value is -2.51. The lowest BCUT2D eigenvalue weighted by atomic mass is 10.1. The molecule has 5 nitrogen and oxygen atoms in total. The molecular formula is C17H21F3N2O3. The zero-order chi connectivity index (χ0) is 19.2. The highest BCUT2D eigenvalue weighted by Gasteiger charge is 2.34. The topological polar surface area (TPSA) is 58.6 Å². The van der Waals surface area contributed by atoms with E-state index in [2.05, 4.69) is 11.9 Å². The molecule has 0 saturated carbocycles. The van der Waals surface area contributed by atoms with Gasteiger partial charge < -0.3 is 15.0 Å². The van der Waals surface area contributed by atoms with E-state index in [0.29, 0.717) is 0 Å². The van der Waals surface area contributed by atoms with E-state index in [1.807, 2.05) is 0 Å². The number of nitrogens with one attached hydrogen (secondary N) is 1. The van der Waals surface area contributed by atoms with Gasteiger partial charge in [-0.3, -0.25) is 9.59 Å². The van der Waals surface area contributed by atoms with Crippen LogP contribution in [0.3, 0.4) is 0 Å². The number of rotatable bonds is 7. The van der Waals surface area contributed by atoms with Crippen LogP contribution in [-0.2, 0) is 22.3 Å². The highest BCUT2D eigenvalue weighted by atomic mass is 19.4. The van der Waals surface area contributed by atoms with Gasteiger partial charge in [-0.05, 0) is 37.6 Å². The van der Waals surface area contributed by atoms with E-state index >= 15 is 0 Å². The molecule has 0 saturated heterocycles. The highest BCUT2D eigenvalue weighted by molar-refractivity contribution is 5.90. The fourth-order valence-corrected chi connectivity index (χ4v) is 2.02. The molecule has 25 heavy (non-hydrogen) atoms. The number of carbonyl (C=O) groups is 2. The number of benzene rings is 1. The van der Waals surface area contributed by atoms with Crippen molar-refractivity contribution in [3.63, 3.8) is 0 Å². The van der Waals surface area contributed by atoms with Crippen molar-refractivity contribution in [2.75, 3.05) is 13.6 Å². The SMILES string of the molecule is C=CC(=O)N(C)CC(=O)NCc1ccc(OC(C)C)cc1C(F)(F)F. The Bertz CT molecular complexity index is 643. The lowest BCUT2D eigenvalue weighted by molar-refractivity contribution is -0.138. The molecule has 0 heterocycles. The van der Waals surface area contributed by atoms with E-state index in [-0.39, 0.29) is 30.5 Å². The monoisotopic (exact) mass is 358 g/mol. The normalized spacial score (nSPS) is 11.2. The fourth-order valence-electron chi connectivity index (χ4n) is 2.02. The second-order valence-electron chi connectivity index (χ2n) is 5.66. The summed E-state index contributed by atoms with van der Waals surface area (Å²) in [7, 11) is 1.39. The second-order valence-corrected chi connectivity index (χ2v) is 5.66. The number of hydrogen-bond donors (Lipinski definition) is 1. The van der Waals surface area contributed by atoms with Gasteiger partial charge in [0.15, 0.2) is 0 Å². The smallest absolute Gasteiger partial charge is 0.416 e. The van der Waals surface area contributed by atoms with Crippen molar-refractivity contribution in [2.45, 2.75) is 32.7 Å². The predicted octanol–water partition coefficient (Wildman–Crippen LogP) is 2.75. The average molecular weight is 358 g/mol. The Morgan fingerprint density at radius 2 is 2.00 bits per heavy atom. The van der Waals surface area contributed by atoms with Crippen LogP contribution in [0.5, 0.6) is 5.75 Å². The zero-order valence-electron chi connectivity index (χ0n) is 14.3. The minimum absolute atomic E-state index is 0.0883. The third-order valence-electron chi connectivity index (χ3n) is 3.17. The van der Waals surface area contributed by atoms with E-state index in [0.717, 1.165) is 17.0 Å². The van der Waals surface area contributed by atoms with Gasteiger partial charge in [0.2, 0.25) is 11.8 Å². The highest BCUT2D eigenvalue weighted by Crippen LogP contribution is 2.34. The Morgan fingerprint density at radius 1 is 1.36 bits per heavy atom. The number of hydrogen-bond acceptors (Lipinski definition) is 3. The largest absolute Gasteiger partial charge is 0.491 e. The lowest BCUT2D eigenvalue weighted by Gasteiger charge is -2.18. The van der Waals surface area contributed by atoms with Crippen molar-refractivity contribution in [3.05, 3.63) is 42.0 Å². The Labute approximate surface area is 144 Å². The fraction of sp³-hybridized carbons (Fsp3) is 0.412. The lowest BCUT2D eigenvalue weighted by Crippen LogP contribution is -2.37. The molecule has 0 spiro atoms. The number of ether oxygens (including phenoxy) is 1. The van der Waals surface area contributed by atoms with Crippen LogP contribution in [0.4, 0.5) is 13.2 Å². The summed E-state index contributed by atoms with van der Waals surface area (Å²) in [6.45, 7) is 6.12. The number of alkyl halides is 3. The molecule has 0 unspecified atom stereocenters. The van der Waals surface area contributed by atoms with Crippen molar-refractivity contribution in [1.82, 2.24) is 10.2 Å². The van der Waals surface area contributed by atoms with E-state index in [9.17, 15) is 22.8 Å². The van der Waals surface area contributed by atoms with Crippen LogP contribution in [0.1, 0.15) is 25.0 Å². The molecule has 0 aromatic heterocycles. The first-order valence-electron chi connectivity index (χ1n) is 7.55. The van der Waals surface area contributed by atoms with Crippen molar-refractivity contribution in [2.24, 2.45) is 0 Å². The van der Waals surface area contributed by atoms with Gasteiger partial charge in [-0.25, -0.2) is 0 Å². The summed E-state index contributed by atoms with van der Waals surface area (Å²) in [5.74, 6) is -0.927. The molecule has 138 valence electrons. The summed E-state index contributed by atoms with van der Waals surface area (Å²) in [6, 6.07) is 3.60. The van der Waals surface area contributed by atoms with Gasteiger partial charge in [0.1, 0.15) is 5.75 Å². The van der Waals surface area contributed by atoms with Crippen LogP contribution in [0, 0.1) is 0 Å². The van der Waals surface area contributed by atoms with Crippen LogP contribution in [0.2, 0.25) is 0 Å². The molecule has 0 radical (unpaired) electrons. The van der Waals surface area contributed by atoms with Gasteiger partial charge in [0.25, 0.3) is 0 Å². The van der Waals surface area contributed by atoms with Crippen molar-refractivity contribution < 1.29 is 27.5 Å². The molecule has 0 atom stereocenters. The van der Waals surface area contributed by atoms with Gasteiger partial charge in [-0.15, -0.1) is 0 Å². The summed E-state index contributed by atoms with van der Waals surface area (Å²) >= 11 is 0. The number of halogens is 3. The van der Waals surface area contributed by atoms with Crippen LogP contribution < -0.4 is 10.1 Å². The maximum atomic E-state index is 13.2. The van der Waals surface area contributed by atoms with Crippen molar-refractivity contribution in [3.8, 4) is 5.75 Å². The molecular weight excluding hydrogens is 337 g/mol. The maximum absolute atomic E-state index is 13.2. The number of likely N-dealkylation sites (N-methyl/N-ethyl adjacent to an activating group) is 1. The predicted molar refractivity (Wildman–Crippen MR) is 86.9 cm³/mol. The van der Waals surface area contributed by atoms with Crippen LogP contribution in [-0.4, -0.2) is 36.4 Å². The number of amides is 2. The molecule has 0 aliphatic heterocycles. The van der Waals surface area contributed by atoms with Gasteiger partial charge in [0, 0.05) is 13.6 Å². The first-order chi connectivity index (χ1) is 11.5. The van der Waals surface area contributed by atoms with Gasteiger partial charge >= 0.3 is 6.18 Å². The first kappa shape index (κ1) is 20.5. The molecule has 0 fully saturated rings. The number of nitrogens with zero attached hydrogens (tertiary/aromatic N) is 1. The standard InChI is InChI=1S/C17H21F3N2O3/c1-5-16(24)22(4)10-15(23)21-9-12-6-7-13(25-11(2)3)8-14(12)17(18,19)20/h5-8,11H,1,9-10H2,2-4H3,(H,21,23). The second kappa shape index (κ2) is 8.55. The van der Waals surface area contributed by atoms with E-state index < -0.39 is 23.6 Å². The summed E-state index contributed by atoms with van der Waals surface area (Å²) in [4.78, 5) is 24.2. The van der Waals surface area contributed by atoms with Crippen LogP contribution >= 0.6 is 0 Å². The van der Waals surface area contributed by atoms with E-state index in [1.54, 1.807) is 13.8 Å². The van der Waals surface area contributed by atoms with E-state index in [4.69, 9.17) is 4.74 Å². The third kappa shape index (κ3) is 6.48. The molecule has 0 aliphatic rings. The van der Waals surface area contributed by atoms with E-state index in [1.165, 1.54) is 19.2 Å². The van der Waals surface area contributed by atoms with Crippen LogP contribution in [0.25, 0.3) is 0 Å². The van der Waals surface area contributed by atoms with Gasteiger partial charge in [-0.1, -0.05) is 12.6 Å². The summed E-state index contributed by atoms with van der Waals surface area (Å²) in [5, 5.41) is 2.37. The minimum atomic E-state index is -4.58. The van der Waals surface area contributed by atoms with Crippen LogP contribution in [0.15, 0.2) is 30.9 Å². The summed E-state index contributed by atoms with van der Waals surface area (Å²) < 4.78 is 44.9. The molecule has 8 heteroatoms. The molecule has 1 rings (SSSR count). The maximum Gasteiger partial charge on any atom is 0.416 e. The summed E-state index contributed by atoms with van der Waals surface area (Å²) in [6.07, 6.45) is -3.79. The molecule has 0 aliphatic carbocycles. The van der Waals surface area contributed by atoms with Crippen molar-refractivity contribution >= 4 is 11.8 Å². The molecule has 1 N–H and O–H groups in total. The van der Waals surface area contributed by atoms with Gasteiger partial charge in [0.05, 0.1) is 18.2 Å². The summed E-state index contributed by atoms with van der Waals surface area (Å²) in [5.41, 5.74) is -0.962. The van der Waals surface area contributed by atoms with Crippen molar-refractivity contribution in [1.29, 1.82) is 0 Å². The minimum Gasteiger partial charge on any atom is -0.491 e. The molecule has 1 aromatic carbocycles. The Morgan fingerprint density at radius 3 is 2.52 bits per heavy atom. The Balaban J connectivity index is 2.85. The van der Waals surface area contributed by atoms with Gasteiger partial charge in [-0.2, -0.15) is 13.2 Å². The molecule has 1 aromatic rings. The number of carbonyl (C=O) groups excluding carboxylic acids is 2. The quantitative estimate of drug-likeness (QED) is 0.763. The average Bonchev–Trinajstić information content (AvgIpc) is 2.51.